The maximum absolute atomic E-state index is 2.33. The highest BCUT2D eigenvalue weighted by atomic mass is 19.0. The first-order chi connectivity index (χ1) is 9.38. The second-order valence-corrected chi connectivity index (χ2v) is 6.61. The molecule has 0 aromatic heterocycles. The lowest BCUT2D eigenvalue weighted by molar-refractivity contribution is -0.931. The molecule has 2 atom stereocenters. The van der Waals surface area contributed by atoms with Crippen LogP contribution in [0.2, 0.25) is 0 Å². The predicted octanol–water partition coefficient (Wildman–Crippen LogP) is 1.37. The molecule has 0 aromatic rings. The largest absolute Gasteiger partial charge is 1.00 e. The van der Waals surface area contributed by atoms with Crippen molar-refractivity contribution in [2.45, 2.75) is 103 Å². The Morgan fingerprint density at radius 3 is 2.15 bits per heavy atom. The van der Waals surface area contributed by atoms with E-state index in [9.17, 15) is 0 Å². The average Bonchev–Trinajstić information content (AvgIpc) is 2.45. The maximum Gasteiger partial charge on any atom is 0.0874 e. The van der Waals surface area contributed by atoms with E-state index in [1.165, 1.54) is 96.6 Å². The number of piperidine rings is 1. The molecule has 0 bridgehead atoms. The molecule has 1 rings (SSSR count). The minimum absolute atomic E-state index is 0. The Morgan fingerprint density at radius 2 is 1.45 bits per heavy atom. The van der Waals surface area contributed by atoms with Crippen molar-refractivity contribution < 1.29 is 9.60 Å². The molecule has 1 saturated heterocycles. The first-order valence-corrected chi connectivity index (χ1v) is 9.23. The minimum atomic E-state index is 0. The maximum atomic E-state index is 2.33. The van der Waals surface area contributed by atoms with Crippen molar-refractivity contribution in [3.8, 4) is 0 Å². The van der Waals surface area contributed by atoms with Crippen LogP contribution in [0.3, 0.4) is 0 Å². The molecule has 0 amide bonds. The third-order valence-electron chi connectivity index (χ3n) is 4.89. The number of quaternary nitrogens is 1. The molecule has 0 radical (unpaired) electrons. The Balaban J connectivity index is 0.00000361. The average molecular weight is 288 g/mol. The fourth-order valence-corrected chi connectivity index (χ4v) is 3.59. The molecule has 1 aliphatic heterocycles. The van der Waals surface area contributed by atoms with Gasteiger partial charge in [0.2, 0.25) is 0 Å². The van der Waals surface area contributed by atoms with Crippen LogP contribution in [-0.2, 0) is 0 Å². The molecular weight excluding hydrogens is 249 g/mol. The Morgan fingerprint density at radius 1 is 0.800 bits per heavy atom. The molecule has 0 aliphatic carbocycles. The third-order valence-corrected chi connectivity index (χ3v) is 4.89. The van der Waals surface area contributed by atoms with Crippen LogP contribution in [0.15, 0.2) is 0 Å². The zero-order valence-electron chi connectivity index (χ0n) is 14.1. The summed E-state index contributed by atoms with van der Waals surface area (Å²) in [4.78, 5) is 1.95. The fraction of sp³-hybridized carbons (Fsp3) is 1.00. The van der Waals surface area contributed by atoms with Gasteiger partial charge in [0.15, 0.2) is 0 Å². The van der Waals surface area contributed by atoms with Crippen molar-refractivity contribution in [3.05, 3.63) is 0 Å². The van der Waals surface area contributed by atoms with Gasteiger partial charge in [-0.3, -0.25) is 0 Å². The molecule has 0 spiro atoms. The summed E-state index contributed by atoms with van der Waals surface area (Å²) in [7, 11) is 0. The third kappa shape index (κ3) is 8.94. The van der Waals surface area contributed by atoms with Crippen LogP contribution in [0.1, 0.15) is 97.3 Å². The van der Waals surface area contributed by atoms with Crippen LogP contribution in [0.25, 0.3) is 0 Å². The van der Waals surface area contributed by atoms with Gasteiger partial charge < -0.3 is 9.60 Å². The van der Waals surface area contributed by atoms with E-state index < -0.39 is 0 Å². The molecule has 1 nitrogen and oxygen atoms in total. The van der Waals surface area contributed by atoms with Crippen LogP contribution in [0.5, 0.6) is 0 Å². The van der Waals surface area contributed by atoms with E-state index in [1.807, 2.05) is 4.90 Å². The summed E-state index contributed by atoms with van der Waals surface area (Å²) < 4.78 is 0. The van der Waals surface area contributed by atoms with Crippen LogP contribution < -0.4 is 9.60 Å². The molecular formula is C18H38FN. The lowest BCUT2D eigenvalue weighted by Crippen LogP contribution is -3.16. The van der Waals surface area contributed by atoms with E-state index in [0.717, 1.165) is 6.04 Å². The molecule has 1 aliphatic rings. The highest BCUT2D eigenvalue weighted by Crippen LogP contribution is 2.10. The highest BCUT2D eigenvalue weighted by molar-refractivity contribution is 4.62. The molecule has 1 N–H and O–H groups in total. The number of unbranched alkanes of at least 4 members (excludes halogenated alkanes) is 7. The van der Waals surface area contributed by atoms with E-state index in [4.69, 9.17) is 0 Å². The summed E-state index contributed by atoms with van der Waals surface area (Å²) in [6, 6.07) is 1.01. The Bertz CT molecular complexity index is 196. The molecule has 0 saturated carbocycles. The van der Waals surface area contributed by atoms with Gasteiger partial charge in [-0.05, 0) is 44.9 Å². The van der Waals surface area contributed by atoms with Gasteiger partial charge in [-0.1, -0.05) is 52.4 Å². The van der Waals surface area contributed by atoms with Gasteiger partial charge in [0.25, 0.3) is 0 Å². The minimum Gasteiger partial charge on any atom is -1.00 e. The van der Waals surface area contributed by atoms with Crippen molar-refractivity contribution in [2.24, 2.45) is 0 Å². The standard InChI is InChI=1S/C18H37N.FH/c1-3-5-7-8-9-10-12-16-19-17-13-11-15-18(19)14-6-4-2;/h18H,3-17H2,1-2H3;1H. The van der Waals surface area contributed by atoms with Gasteiger partial charge in [-0.25, -0.2) is 0 Å². The number of hydrogen-bond donors (Lipinski definition) is 1. The van der Waals surface area contributed by atoms with Crippen LogP contribution >= 0.6 is 0 Å². The number of halogens is 1. The zero-order chi connectivity index (χ0) is 13.8. The van der Waals surface area contributed by atoms with E-state index in [0.29, 0.717) is 0 Å². The first-order valence-electron chi connectivity index (χ1n) is 9.23. The SMILES string of the molecule is CCCCCCCCC[NH+]1CCCCC1CCCC.[F-]. The highest BCUT2D eigenvalue weighted by Gasteiger charge is 2.24. The van der Waals surface area contributed by atoms with Gasteiger partial charge in [0.1, 0.15) is 0 Å². The summed E-state index contributed by atoms with van der Waals surface area (Å²) >= 11 is 0. The zero-order valence-corrected chi connectivity index (χ0v) is 14.1. The Labute approximate surface area is 126 Å². The van der Waals surface area contributed by atoms with Crippen molar-refractivity contribution in [3.63, 3.8) is 0 Å². The topological polar surface area (TPSA) is 4.44 Å². The van der Waals surface area contributed by atoms with Crippen molar-refractivity contribution in [1.29, 1.82) is 0 Å². The van der Waals surface area contributed by atoms with Crippen LogP contribution in [-0.4, -0.2) is 19.1 Å². The quantitative estimate of drug-likeness (QED) is 0.548. The molecule has 122 valence electrons. The van der Waals surface area contributed by atoms with Gasteiger partial charge >= 0.3 is 0 Å². The lowest BCUT2D eigenvalue weighted by atomic mass is 9.97. The smallest absolute Gasteiger partial charge is 0.0874 e. The summed E-state index contributed by atoms with van der Waals surface area (Å²) in [5, 5.41) is 0. The number of likely N-dealkylation sites (tertiary alicyclic amines) is 1. The normalized spacial score (nSPS) is 22.5. The van der Waals surface area contributed by atoms with Crippen molar-refractivity contribution >= 4 is 0 Å². The van der Waals surface area contributed by atoms with Crippen LogP contribution in [0.4, 0.5) is 0 Å². The van der Waals surface area contributed by atoms with Gasteiger partial charge in [-0.2, -0.15) is 0 Å². The van der Waals surface area contributed by atoms with Crippen molar-refractivity contribution in [2.75, 3.05) is 13.1 Å². The number of hydrogen-bond acceptors (Lipinski definition) is 0. The second-order valence-electron chi connectivity index (χ2n) is 6.61. The van der Waals surface area contributed by atoms with Crippen LogP contribution in [0, 0.1) is 0 Å². The molecule has 20 heavy (non-hydrogen) atoms. The van der Waals surface area contributed by atoms with E-state index in [1.54, 1.807) is 0 Å². The summed E-state index contributed by atoms with van der Waals surface area (Å²) in [6.45, 7) is 7.56. The molecule has 1 heterocycles. The van der Waals surface area contributed by atoms with E-state index >= 15 is 0 Å². The lowest BCUT2D eigenvalue weighted by Gasteiger charge is -2.32. The number of nitrogens with one attached hydrogen (secondary N) is 1. The monoisotopic (exact) mass is 287 g/mol. The van der Waals surface area contributed by atoms with E-state index in [-0.39, 0.29) is 4.70 Å². The molecule has 2 heteroatoms. The summed E-state index contributed by atoms with van der Waals surface area (Å²) in [5.74, 6) is 0. The van der Waals surface area contributed by atoms with Gasteiger partial charge in [0, 0.05) is 0 Å². The number of rotatable bonds is 11. The molecule has 0 aromatic carbocycles. The fourth-order valence-electron chi connectivity index (χ4n) is 3.59. The molecule has 2 unspecified atom stereocenters. The Kier molecular flexibility index (Phi) is 13.8. The molecule has 1 fully saturated rings. The summed E-state index contributed by atoms with van der Waals surface area (Å²) in [5.41, 5.74) is 0. The summed E-state index contributed by atoms with van der Waals surface area (Å²) in [6.07, 6.45) is 19.0. The van der Waals surface area contributed by atoms with E-state index in [2.05, 4.69) is 13.8 Å². The second kappa shape index (κ2) is 13.9. The first kappa shape index (κ1) is 19.9. The van der Waals surface area contributed by atoms with Crippen molar-refractivity contribution in [1.82, 2.24) is 0 Å². The predicted molar refractivity (Wildman–Crippen MR) is 85.9 cm³/mol. The van der Waals surface area contributed by atoms with Gasteiger partial charge in [0.05, 0.1) is 19.1 Å². The Hall–Kier alpha value is -0.110. The van der Waals surface area contributed by atoms with Gasteiger partial charge in [-0.15, -0.1) is 0 Å².